The molecule has 0 heterocycles. The van der Waals surface area contributed by atoms with Gasteiger partial charge in [0.1, 0.15) is 5.82 Å². The van der Waals surface area contributed by atoms with Crippen LogP contribution < -0.4 is 0 Å². The molecule has 0 saturated heterocycles. The molecule has 3 rings (SSSR count). The molecule has 0 aliphatic heterocycles. The summed E-state index contributed by atoms with van der Waals surface area (Å²) in [5.41, 5.74) is 3.95. The van der Waals surface area contributed by atoms with Crippen LogP contribution >= 0.6 is 0 Å². The molecule has 100 valence electrons. The first-order valence-electron chi connectivity index (χ1n) is 6.48. The summed E-state index contributed by atoms with van der Waals surface area (Å²) in [4.78, 5) is 11.1. The third-order valence-electron chi connectivity index (χ3n) is 3.54. The van der Waals surface area contributed by atoms with E-state index in [2.05, 4.69) is 0 Å². The topological polar surface area (TPSA) is 37.3 Å². The van der Waals surface area contributed by atoms with Gasteiger partial charge >= 0.3 is 5.97 Å². The number of carboxylic acid groups (broad SMARTS) is 1. The highest BCUT2D eigenvalue weighted by molar-refractivity contribution is 5.91. The average Bonchev–Trinajstić information content (AvgIpc) is 2.46. The number of allylic oxidation sites excluding steroid dienone is 1. The van der Waals surface area contributed by atoms with Gasteiger partial charge in [-0.2, -0.15) is 0 Å². The Kier molecular flexibility index (Phi) is 3.11. The van der Waals surface area contributed by atoms with E-state index < -0.39 is 5.97 Å². The van der Waals surface area contributed by atoms with Crippen LogP contribution in [0.4, 0.5) is 4.39 Å². The van der Waals surface area contributed by atoms with Crippen molar-refractivity contribution in [2.75, 3.05) is 0 Å². The minimum Gasteiger partial charge on any atom is -0.478 e. The summed E-state index contributed by atoms with van der Waals surface area (Å²) in [7, 11) is 0. The van der Waals surface area contributed by atoms with Crippen molar-refractivity contribution in [2.45, 2.75) is 12.8 Å². The predicted molar refractivity (Wildman–Crippen MR) is 75.2 cm³/mol. The highest BCUT2D eigenvalue weighted by Crippen LogP contribution is 2.32. The molecular formula is C17H13FO2. The molecule has 0 spiro atoms. The second kappa shape index (κ2) is 4.93. The van der Waals surface area contributed by atoms with Gasteiger partial charge in [-0.15, -0.1) is 0 Å². The maximum absolute atomic E-state index is 13.4. The molecular weight excluding hydrogens is 255 g/mol. The second-order valence-corrected chi connectivity index (χ2v) is 4.84. The molecule has 3 heteroatoms. The Morgan fingerprint density at radius 1 is 1.15 bits per heavy atom. The molecule has 0 atom stereocenters. The first kappa shape index (κ1) is 12.6. The van der Waals surface area contributed by atoms with E-state index in [1.54, 1.807) is 18.2 Å². The minimum atomic E-state index is -0.947. The van der Waals surface area contributed by atoms with Gasteiger partial charge in [0.05, 0.1) is 5.56 Å². The highest BCUT2D eigenvalue weighted by atomic mass is 19.1. The lowest BCUT2D eigenvalue weighted by molar-refractivity contribution is 0.0697. The molecule has 0 unspecified atom stereocenters. The Balaban J connectivity index is 2.14. The van der Waals surface area contributed by atoms with E-state index in [0.29, 0.717) is 0 Å². The number of aryl methyl sites for hydroxylation is 1. The van der Waals surface area contributed by atoms with Gasteiger partial charge in [-0.1, -0.05) is 24.3 Å². The maximum atomic E-state index is 13.4. The van der Waals surface area contributed by atoms with Crippen LogP contribution in [0.1, 0.15) is 33.5 Å². The van der Waals surface area contributed by atoms with E-state index in [0.717, 1.165) is 35.1 Å². The van der Waals surface area contributed by atoms with Crippen LogP contribution in [0.5, 0.6) is 0 Å². The molecule has 0 radical (unpaired) electrons. The molecule has 0 aromatic heterocycles. The van der Waals surface area contributed by atoms with Crippen molar-refractivity contribution in [3.05, 3.63) is 76.6 Å². The SMILES string of the molecule is O=C(O)c1ccc2c(c1)C(c1cccc(F)c1)=CCC2. The van der Waals surface area contributed by atoms with Crippen molar-refractivity contribution in [1.82, 2.24) is 0 Å². The standard InChI is InChI=1S/C17H13FO2/c18-14-5-1-4-12(9-14)15-6-2-3-11-7-8-13(17(19)20)10-16(11)15/h1,4-10H,2-3H2,(H,19,20). The Bertz CT molecular complexity index is 717. The van der Waals surface area contributed by atoms with Crippen LogP contribution in [0.15, 0.2) is 48.5 Å². The molecule has 0 fully saturated rings. The maximum Gasteiger partial charge on any atom is 0.335 e. The molecule has 0 saturated carbocycles. The highest BCUT2D eigenvalue weighted by Gasteiger charge is 2.16. The lowest BCUT2D eigenvalue weighted by atomic mass is 9.86. The van der Waals surface area contributed by atoms with E-state index >= 15 is 0 Å². The summed E-state index contributed by atoms with van der Waals surface area (Å²) in [6.45, 7) is 0. The van der Waals surface area contributed by atoms with Gasteiger partial charge < -0.3 is 5.11 Å². The quantitative estimate of drug-likeness (QED) is 0.896. The molecule has 20 heavy (non-hydrogen) atoms. The number of hydrogen-bond donors (Lipinski definition) is 1. The summed E-state index contributed by atoms with van der Waals surface area (Å²) in [5, 5.41) is 9.11. The largest absolute Gasteiger partial charge is 0.478 e. The van der Waals surface area contributed by atoms with Gasteiger partial charge in [-0.05, 0) is 59.4 Å². The van der Waals surface area contributed by atoms with Crippen molar-refractivity contribution >= 4 is 11.5 Å². The summed E-state index contributed by atoms with van der Waals surface area (Å²) in [5.74, 6) is -1.23. The number of halogens is 1. The summed E-state index contributed by atoms with van der Waals surface area (Å²) in [6, 6.07) is 11.5. The monoisotopic (exact) mass is 268 g/mol. The summed E-state index contributed by atoms with van der Waals surface area (Å²) < 4.78 is 13.4. The average molecular weight is 268 g/mol. The number of fused-ring (bicyclic) bond motifs is 1. The van der Waals surface area contributed by atoms with Crippen LogP contribution in [0, 0.1) is 5.82 Å². The van der Waals surface area contributed by atoms with Gasteiger partial charge in [0, 0.05) is 0 Å². The molecule has 2 aromatic rings. The number of benzene rings is 2. The number of rotatable bonds is 2. The fourth-order valence-electron chi connectivity index (χ4n) is 2.59. The molecule has 2 nitrogen and oxygen atoms in total. The fraction of sp³-hybridized carbons (Fsp3) is 0.118. The number of carboxylic acids is 1. The molecule has 2 aromatic carbocycles. The van der Waals surface area contributed by atoms with Gasteiger partial charge in [0.2, 0.25) is 0 Å². The van der Waals surface area contributed by atoms with Gasteiger partial charge in [-0.25, -0.2) is 9.18 Å². The minimum absolute atomic E-state index is 0.257. The molecule has 0 bridgehead atoms. The fourth-order valence-corrected chi connectivity index (χ4v) is 2.59. The van der Waals surface area contributed by atoms with Crippen molar-refractivity contribution in [3.8, 4) is 0 Å². The smallest absolute Gasteiger partial charge is 0.335 e. The Morgan fingerprint density at radius 3 is 2.75 bits per heavy atom. The lowest BCUT2D eigenvalue weighted by Crippen LogP contribution is -2.05. The van der Waals surface area contributed by atoms with E-state index in [1.807, 2.05) is 18.2 Å². The summed E-state index contributed by atoms with van der Waals surface area (Å²) >= 11 is 0. The molecule has 0 amide bonds. The molecule has 1 aliphatic rings. The van der Waals surface area contributed by atoms with Gasteiger partial charge in [-0.3, -0.25) is 0 Å². The number of carbonyl (C=O) groups is 1. The van der Waals surface area contributed by atoms with E-state index in [-0.39, 0.29) is 11.4 Å². The third-order valence-corrected chi connectivity index (χ3v) is 3.54. The second-order valence-electron chi connectivity index (χ2n) is 4.84. The van der Waals surface area contributed by atoms with E-state index in [9.17, 15) is 9.18 Å². The first-order chi connectivity index (χ1) is 9.65. The van der Waals surface area contributed by atoms with Crippen molar-refractivity contribution in [3.63, 3.8) is 0 Å². The molecule has 1 aliphatic carbocycles. The number of aromatic carboxylic acids is 1. The van der Waals surface area contributed by atoms with Gasteiger partial charge in [0.25, 0.3) is 0 Å². The zero-order valence-electron chi connectivity index (χ0n) is 10.8. The third kappa shape index (κ3) is 2.23. The van der Waals surface area contributed by atoms with Crippen LogP contribution in [0.3, 0.4) is 0 Å². The van der Waals surface area contributed by atoms with Gasteiger partial charge in [0.15, 0.2) is 0 Å². The predicted octanol–water partition coefficient (Wildman–Crippen LogP) is 3.90. The summed E-state index contributed by atoms with van der Waals surface area (Å²) in [6.07, 6.45) is 3.81. The van der Waals surface area contributed by atoms with Crippen LogP contribution in [-0.4, -0.2) is 11.1 Å². The van der Waals surface area contributed by atoms with Crippen LogP contribution in [0.2, 0.25) is 0 Å². The lowest BCUT2D eigenvalue weighted by Gasteiger charge is -2.18. The van der Waals surface area contributed by atoms with E-state index in [4.69, 9.17) is 5.11 Å². The van der Waals surface area contributed by atoms with Crippen molar-refractivity contribution in [2.24, 2.45) is 0 Å². The first-order valence-corrected chi connectivity index (χ1v) is 6.48. The number of hydrogen-bond acceptors (Lipinski definition) is 1. The normalized spacial score (nSPS) is 13.6. The van der Waals surface area contributed by atoms with Crippen LogP contribution in [0.25, 0.3) is 5.57 Å². The van der Waals surface area contributed by atoms with E-state index in [1.165, 1.54) is 12.1 Å². The Morgan fingerprint density at radius 2 is 2.00 bits per heavy atom. The zero-order valence-corrected chi connectivity index (χ0v) is 10.8. The Hall–Kier alpha value is -2.42. The zero-order chi connectivity index (χ0) is 14.1. The Labute approximate surface area is 116 Å². The molecule has 1 N–H and O–H groups in total. The van der Waals surface area contributed by atoms with Crippen molar-refractivity contribution < 1.29 is 14.3 Å². The van der Waals surface area contributed by atoms with Crippen molar-refractivity contribution in [1.29, 1.82) is 0 Å². The van der Waals surface area contributed by atoms with Crippen LogP contribution in [-0.2, 0) is 6.42 Å².